The average molecular weight is 210 g/mol. The van der Waals surface area contributed by atoms with Gasteiger partial charge in [0.1, 0.15) is 6.04 Å². The molecule has 0 saturated heterocycles. The normalized spacial score (nSPS) is 12.1. The minimum absolute atomic E-state index is 0.0669. The van der Waals surface area contributed by atoms with Gasteiger partial charge in [-0.2, -0.15) is 0 Å². The van der Waals surface area contributed by atoms with Crippen LogP contribution in [0.2, 0.25) is 0 Å². The number of aromatic carboxylic acids is 1. The summed E-state index contributed by atoms with van der Waals surface area (Å²) >= 11 is 0. The molecule has 0 aliphatic carbocycles. The summed E-state index contributed by atoms with van der Waals surface area (Å²) in [5.41, 5.74) is 4.48. The van der Waals surface area contributed by atoms with Gasteiger partial charge in [0.15, 0.2) is 0 Å². The third-order valence-electron chi connectivity index (χ3n) is 2.01. The third-order valence-corrected chi connectivity index (χ3v) is 2.01. The molecule has 15 heavy (non-hydrogen) atoms. The number of hydrogen-bond donors (Lipinski definition) is 2. The second-order valence-electron chi connectivity index (χ2n) is 3.05. The molecule has 0 aromatic carbocycles. The Bertz CT molecular complexity index is 463. The third kappa shape index (κ3) is 2.22. The Morgan fingerprint density at radius 1 is 1.47 bits per heavy atom. The second kappa shape index (κ2) is 3.95. The van der Waals surface area contributed by atoms with Gasteiger partial charge < -0.3 is 15.4 Å². The first-order valence-electron chi connectivity index (χ1n) is 4.18. The van der Waals surface area contributed by atoms with E-state index in [1.165, 1.54) is 13.0 Å². The first kappa shape index (κ1) is 11.0. The maximum Gasteiger partial charge on any atom is 0.337 e. The van der Waals surface area contributed by atoms with Crippen LogP contribution in [0.15, 0.2) is 23.1 Å². The SMILES string of the molecule is CC(C(N)=O)n1cc(C(=O)O)ccc1=O. The van der Waals surface area contributed by atoms with E-state index in [9.17, 15) is 14.4 Å². The lowest BCUT2D eigenvalue weighted by Crippen LogP contribution is -2.31. The van der Waals surface area contributed by atoms with Crippen molar-refractivity contribution in [1.29, 1.82) is 0 Å². The van der Waals surface area contributed by atoms with E-state index >= 15 is 0 Å². The largest absolute Gasteiger partial charge is 0.478 e. The summed E-state index contributed by atoms with van der Waals surface area (Å²) in [4.78, 5) is 32.8. The number of hydrogen-bond acceptors (Lipinski definition) is 3. The molecule has 6 nitrogen and oxygen atoms in total. The second-order valence-corrected chi connectivity index (χ2v) is 3.05. The topological polar surface area (TPSA) is 102 Å². The van der Waals surface area contributed by atoms with Crippen LogP contribution in [-0.2, 0) is 4.79 Å². The van der Waals surface area contributed by atoms with Crippen LogP contribution in [0.5, 0.6) is 0 Å². The van der Waals surface area contributed by atoms with Gasteiger partial charge in [0.25, 0.3) is 5.56 Å². The summed E-state index contributed by atoms with van der Waals surface area (Å²) in [5, 5.41) is 8.69. The van der Waals surface area contributed by atoms with Crippen molar-refractivity contribution in [2.75, 3.05) is 0 Å². The molecule has 0 bridgehead atoms. The highest BCUT2D eigenvalue weighted by Crippen LogP contribution is 2.03. The highest BCUT2D eigenvalue weighted by molar-refractivity contribution is 5.87. The van der Waals surface area contributed by atoms with Crippen LogP contribution < -0.4 is 11.3 Å². The monoisotopic (exact) mass is 210 g/mol. The van der Waals surface area contributed by atoms with Gasteiger partial charge in [-0.1, -0.05) is 0 Å². The summed E-state index contributed by atoms with van der Waals surface area (Å²) in [5.74, 6) is -1.86. The number of carbonyl (C=O) groups excluding carboxylic acids is 1. The lowest BCUT2D eigenvalue weighted by atomic mass is 10.2. The maximum atomic E-state index is 11.3. The molecule has 1 aromatic rings. The number of carbonyl (C=O) groups is 2. The molecule has 1 heterocycles. The molecule has 0 saturated carbocycles. The van der Waals surface area contributed by atoms with Gasteiger partial charge in [-0.25, -0.2) is 4.79 Å². The molecule has 3 N–H and O–H groups in total. The predicted octanol–water partition coefficient (Wildman–Crippen LogP) is -0.407. The molecule has 1 amide bonds. The van der Waals surface area contributed by atoms with Crippen molar-refractivity contribution in [1.82, 2.24) is 4.57 Å². The van der Waals surface area contributed by atoms with Crippen molar-refractivity contribution < 1.29 is 14.7 Å². The smallest absolute Gasteiger partial charge is 0.337 e. The van der Waals surface area contributed by atoms with Crippen LogP contribution in [0.3, 0.4) is 0 Å². The van der Waals surface area contributed by atoms with Crippen molar-refractivity contribution >= 4 is 11.9 Å². The van der Waals surface area contributed by atoms with Crippen molar-refractivity contribution in [2.24, 2.45) is 5.73 Å². The molecular formula is C9H10N2O4. The molecule has 80 valence electrons. The Morgan fingerprint density at radius 2 is 2.07 bits per heavy atom. The van der Waals surface area contributed by atoms with E-state index in [0.717, 1.165) is 16.8 Å². The first-order chi connectivity index (χ1) is 6.93. The fraction of sp³-hybridized carbons (Fsp3) is 0.222. The molecule has 1 unspecified atom stereocenters. The van der Waals surface area contributed by atoms with Crippen LogP contribution in [0.25, 0.3) is 0 Å². The Labute approximate surface area is 84.9 Å². The standard InChI is InChI=1S/C9H10N2O4/c1-5(8(10)13)11-4-6(9(14)15)2-3-7(11)12/h2-5H,1H3,(H2,10,13)(H,14,15). The van der Waals surface area contributed by atoms with E-state index in [2.05, 4.69) is 0 Å². The molecule has 0 fully saturated rings. The average Bonchev–Trinajstić information content (AvgIpc) is 2.16. The van der Waals surface area contributed by atoms with Gasteiger partial charge in [0.2, 0.25) is 5.91 Å². The summed E-state index contributed by atoms with van der Waals surface area (Å²) in [6.07, 6.45) is 1.10. The molecule has 0 aliphatic heterocycles. The van der Waals surface area contributed by atoms with Crippen molar-refractivity contribution in [3.05, 3.63) is 34.2 Å². The summed E-state index contributed by atoms with van der Waals surface area (Å²) < 4.78 is 0.992. The van der Waals surface area contributed by atoms with E-state index in [1.54, 1.807) is 0 Å². The minimum atomic E-state index is -1.17. The fourth-order valence-electron chi connectivity index (χ4n) is 1.07. The number of aromatic nitrogens is 1. The van der Waals surface area contributed by atoms with Crippen molar-refractivity contribution in [3.63, 3.8) is 0 Å². The lowest BCUT2D eigenvalue weighted by molar-refractivity contribution is -0.120. The van der Waals surface area contributed by atoms with Crippen LogP contribution in [0, 0.1) is 0 Å². The molecule has 1 rings (SSSR count). The molecule has 0 aliphatic rings. The molecule has 0 radical (unpaired) electrons. The molecule has 0 spiro atoms. The van der Waals surface area contributed by atoms with Crippen molar-refractivity contribution in [3.8, 4) is 0 Å². The summed E-state index contributed by atoms with van der Waals surface area (Å²) in [6.45, 7) is 1.43. The predicted molar refractivity (Wildman–Crippen MR) is 51.6 cm³/mol. The van der Waals surface area contributed by atoms with Gasteiger partial charge in [0.05, 0.1) is 5.56 Å². The quantitative estimate of drug-likeness (QED) is 0.708. The number of pyridine rings is 1. The van der Waals surface area contributed by atoms with Gasteiger partial charge in [-0.15, -0.1) is 0 Å². The van der Waals surface area contributed by atoms with Gasteiger partial charge in [-0.3, -0.25) is 9.59 Å². The maximum absolute atomic E-state index is 11.3. The van der Waals surface area contributed by atoms with Crippen LogP contribution >= 0.6 is 0 Å². The summed E-state index contributed by atoms with van der Waals surface area (Å²) in [7, 11) is 0. The number of carboxylic acids is 1. The van der Waals surface area contributed by atoms with Crippen molar-refractivity contribution in [2.45, 2.75) is 13.0 Å². The summed E-state index contributed by atoms with van der Waals surface area (Å²) in [6, 6.07) is 1.40. The van der Waals surface area contributed by atoms with E-state index in [4.69, 9.17) is 10.8 Å². The Balaban J connectivity index is 3.28. The first-order valence-corrected chi connectivity index (χ1v) is 4.18. The van der Waals surface area contributed by atoms with Gasteiger partial charge in [-0.05, 0) is 13.0 Å². The number of carboxylic acid groups (broad SMARTS) is 1. The number of amides is 1. The van der Waals surface area contributed by atoms with E-state index in [0.29, 0.717) is 0 Å². The fourth-order valence-corrected chi connectivity index (χ4v) is 1.07. The van der Waals surface area contributed by atoms with E-state index in [1.807, 2.05) is 0 Å². The number of primary amides is 1. The Hall–Kier alpha value is -2.11. The minimum Gasteiger partial charge on any atom is -0.478 e. The number of rotatable bonds is 3. The zero-order valence-corrected chi connectivity index (χ0v) is 8.01. The molecule has 1 aromatic heterocycles. The van der Waals surface area contributed by atoms with Gasteiger partial charge in [0, 0.05) is 12.3 Å². The highest BCUT2D eigenvalue weighted by atomic mass is 16.4. The zero-order valence-electron chi connectivity index (χ0n) is 8.01. The van der Waals surface area contributed by atoms with Gasteiger partial charge >= 0.3 is 5.97 Å². The highest BCUT2D eigenvalue weighted by Gasteiger charge is 2.14. The molecule has 1 atom stereocenters. The zero-order chi connectivity index (χ0) is 11.6. The Morgan fingerprint density at radius 3 is 2.53 bits per heavy atom. The molecular weight excluding hydrogens is 200 g/mol. The van der Waals surface area contributed by atoms with Crippen LogP contribution in [0.1, 0.15) is 23.3 Å². The number of nitrogens with zero attached hydrogens (tertiary/aromatic N) is 1. The lowest BCUT2D eigenvalue weighted by Gasteiger charge is -2.11. The number of nitrogens with two attached hydrogens (primary N) is 1. The Kier molecular flexibility index (Phi) is 2.89. The van der Waals surface area contributed by atoms with E-state index in [-0.39, 0.29) is 5.56 Å². The van der Waals surface area contributed by atoms with Crippen LogP contribution in [-0.4, -0.2) is 21.6 Å². The van der Waals surface area contributed by atoms with Crippen LogP contribution in [0.4, 0.5) is 0 Å². The molecule has 6 heteroatoms. The van der Waals surface area contributed by atoms with E-state index < -0.39 is 23.5 Å².